The molecule has 3 amide bonds. The number of hydrogen-bond donors (Lipinski definition) is 8. The summed E-state index contributed by atoms with van der Waals surface area (Å²) in [6, 6.07) is 11.8. The predicted octanol–water partition coefficient (Wildman–Crippen LogP) is -1.27. The normalized spacial score (nSPS) is 12.8. The number of amides is 3. The van der Waals surface area contributed by atoms with E-state index in [1.165, 1.54) is 24.3 Å². The van der Waals surface area contributed by atoms with Gasteiger partial charge in [0.1, 0.15) is 17.8 Å². The van der Waals surface area contributed by atoms with Gasteiger partial charge >= 0.3 is 5.97 Å². The topological polar surface area (TPSA) is 235 Å². The molecule has 2 aromatic carbocycles. The summed E-state index contributed by atoms with van der Waals surface area (Å²) in [5.74, 6) is -3.29. The van der Waals surface area contributed by atoms with Crippen LogP contribution in [0.2, 0.25) is 0 Å². The summed E-state index contributed by atoms with van der Waals surface area (Å²) >= 11 is 0. The van der Waals surface area contributed by atoms with Crippen molar-refractivity contribution in [3.8, 4) is 5.75 Å². The van der Waals surface area contributed by atoms with Crippen molar-refractivity contribution in [3.05, 3.63) is 65.7 Å². The van der Waals surface area contributed by atoms with Gasteiger partial charge in [0, 0.05) is 13.0 Å². The summed E-state index contributed by atoms with van der Waals surface area (Å²) in [6.45, 7) is -0.301. The van der Waals surface area contributed by atoms with Gasteiger partial charge in [0.05, 0.1) is 12.6 Å². The molecule has 210 valence electrons. The lowest BCUT2D eigenvalue weighted by molar-refractivity contribution is -0.141. The number of phenols is 1. The van der Waals surface area contributed by atoms with E-state index >= 15 is 0 Å². The van der Waals surface area contributed by atoms with E-state index in [4.69, 9.17) is 17.2 Å². The monoisotopic (exact) mass is 541 g/mol. The van der Waals surface area contributed by atoms with Crippen molar-refractivity contribution < 1.29 is 29.4 Å². The van der Waals surface area contributed by atoms with E-state index in [0.717, 1.165) is 5.56 Å². The number of nitrogens with two attached hydrogens (primary N) is 3. The maximum Gasteiger partial charge on any atom is 0.326 e. The Morgan fingerprint density at radius 2 is 1.49 bits per heavy atom. The van der Waals surface area contributed by atoms with Crippen molar-refractivity contribution in [1.29, 1.82) is 0 Å². The number of nitrogens with one attached hydrogen (secondary N) is 3. The van der Waals surface area contributed by atoms with E-state index < -0.39 is 48.4 Å². The zero-order valence-electron chi connectivity index (χ0n) is 21.4. The Balaban J connectivity index is 1.96. The van der Waals surface area contributed by atoms with Gasteiger partial charge in [-0.15, -0.1) is 0 Å². The van der Waals surface area contributed by atoms with Gasteiger partial charge in [-0.1, -0.05) is 42.5 Å². The van der Waals surface area contributed by atoms with E-state index in [0.29, 0.717) is 12.0 Å². The highest BCUT2D eigenvalue weighted by atomic mass is 16.4. The largest absolute Gasteiger partial charge is 0.508 e. The van der Waals surface area contributed by atoms with Gasteiger partial charge in [-0.05, 0) is 42.5 Å². The maximum atomic E-state index is 12.9. The highest BCUT2D eigenvalue weighted by molar-refractivity contribution is 5.92. The molecule has 0 heterocycles. The third-order valence-electron chi connectivity index (χ3n) is 5.65. The molecule has 3 unspecified atom stereocenters. The molecule has 0 aliphatic rings. The van der Waals surface area contributed by atoms with Crippen LogP contribution in [0.25, 0.3) is 0 Å². The van der Waals surface area contributed by atoms with E-state index in [-0.39, 0.29) is 37.5 Å². The van der Waals surface area contributed by atoms with Crippen LogP contribution in [-0.4, -0.2) is 71.1 Å². The summed E-state index contributed by atoms with van der Waals surface area (Å²) in [6.07, 6.45) is 0.740. The first-order chi connectivity index (χ1) is 18.5. The number of phenolic OH excluding ortho intramolecular Hbond substituents is 1. The molecule has 0 bridgehead atoms. The Bertz CT molecular complexity index is 1140. The molecule has 2 rings (SSSR count). The Morgan fingerprint density at radius 3 is 2.10 bits per heavy atom. The van der Waals surface area contributed by atoms with E-state index in [1.807, 2.05) is 30.3 Å². The number of benzene rings is 2. The number of carboxylic acid groups (broad SMARTS) is 1. The van der Waals surface area contributed by atoms with Crippen LogP contribution in [0.4, 0.5) is 0 Å². The molecule has 0 saturated carbocycles. The van der Waals surface area contributed by atoms with E-state index in [9.17, 15) is 29.4 Å². The molecule has 39 heavy (non-hydrogen) atoms. The Kier molecular flexibility index (Phi) is 12.2. The number of carbonyl (C=O) groups is 4. The maximum absolute atomic E-state index is 12.9. The number of aliphatic carboxylic acids is 1. The number of hydrogen-bond acceptors (Lipinski definition) is 7. The molecule has 11 N–H and O–H groups in total. The van der Waals surface area contributed by atoms with Crippen LogP contribution in [0, 0.1) is 0 Å². The minimum absolute atomic E-state index is 0.0262. The second-order valence-electron chi connectivity index (χ2n) is 8.85. The zero-order valence-corrected chi connectivity index (χ0v) is 21.4. The van der Waals surface area contributed by atoms with Gasteiger partial charge in [-0.2, -0.15) is 0 Å². The van der Waals surface area contributed by atoms with Crippen molar-refractivity contribution >= 4 is 29.7 Å². The second-order valence-corrected chi connectivity index (χ2v) is 8.85. The van der Waals surface area contributed by atoms with Gasteiger partial charge in [-0.25, -0.2) is 4.79 Å². The molecule has 13 nitrogen and oxygen atoms in total. The molecule has 0 radical (unpaired) electrons. The smallest absolute Gasteiger partial charge is 0.326 e. The van der Waals surface area contributed by atoms with Gasteiger partial charge in [-0.3, -0.25) is 19.4 Å². The quantitative estimate of drug-likeness (QED) is 0.0761. The van der Waals surface area contributed by atoms with Crippen LogP contribution in [-0.2, 0) is 32.0 Å². The van der Waals surface area contributed by atoms with Gasteiger partial charge in [0.25, 0.3) is 0 Å². The highest BCUT2D eigenvalue weighted by Gasteiger charge is 2.25. The van der Waals surface area contributed by atoms with Gasteiger partial charge in [0.2, 0.25) is 17.7 Å². The van der Waals surface area contributed by atoms with Crippen LogP contribution in [0.1, 0.15) is 24.0 Å². The standard InChI is InChI=1S/C26H35N7O6/c27-19(13-16-5-2-1-3-6-16)23(36)33-20(7-4-12-30-26(28)29)24(37)31-15-22(35)32-21(25(38)39)14-17-8-10-18(34)11-9-17/h1-3,5-6,8-11,19-21,34H,4,7,12-15,27H2,(H,31,37)(H,32,35)(H,33,36)(H,38,39)(H4,28,29,30). The lowest BCUT2D eigenvalue weighted by Gasteiger charge is -2.21. The number of guanidine groups is 1. The molecule has 0 saturated heterocycles. The number of nitrogens with zero attached hydrogens (tertiary/aromatic N) is 1. The van der Waals surface area contributed by atoms with Crippen molar-refractivity contribution in [1.82, 2.24) is 16.0 Å². The van der Waals surface area contributed by atoms with Crippen LogP contribution >= 0.6 is 0 Å². The second kappa shape index (κ2) is 15.6. The van der Waals surface area contributed by atoms with Gasteiger partial charge < -0.3 is 43.4 Å². The SMILES string of the molecule is NC(N)=NCCCC(NC(=O)C(N)Cc1ccccc1)C(=O)NCC(=O)NC(Cc1ccc(O)cc1)C(=O)O. The first kappa shape index (κ1) is 30.6. The van der Waals surface area contributed by atoms with Gasteiger partial charge in [0.15, 0.2) is 5.96 Å². The number of aliphatic imine (C=N–C) groups is 1. The Labute approximate surface area is 225 Å². The number of carboxylic acids is 1. The average Bonchev–Trinajstić information content (AvgIpc) is 2.90. The third kappa shape index (κ3) is 11.5. The number of rotatable bonds is 15. The molecule has 0 aliphatic heterocycles. The molecule has 3 atom stereocenters. The first-order valence-corrected chi connectivity index (χ1v) is 12.3. The van der Waals surface area contributed by atoms with Crippen molar-refractivity contribution in [2.75, 3.05) is 13.1 Å². The fraction of sp³-hybridized carbons (Fsp3) is 0.346. The zero-order chi connectivity index (χ0) is 28.8. The van der Waals surface area contributed by atoms with Crippen molar-refractivity contribution in [3.63, 3.8) is 0 Å². The molecule has 0 aromatic heterocycles. The number of aromatic hydroxyl groups is 1. The Morgan fingerprint density at radius 1 is 0.846 bits per heavy atom. The van der Waals surface area contributed by atoms with Crippen LogP contribution in [0.3, 0.4) is 0 Å². The highest BCUT2D eigenvalue weighted by Crippen LogP contribution is 2.11. The molecular formula is C26H35N7O6. The molecular weight excluding hydrogens is 506 g/mol. The third-order valence-corrected chi connectivity index (χ3v) is 5.65. The van der Waals surface area contributed by atoms with Crippen molar-refractivity contribution in [2.45, 2.75) is 43.8 Å². The van der Waals surface area contributed by atoms with E-state index in [2.05, 4.69) is 20.9 Å². The van der Waals surface area contributed by atoms with Crippen molar-refractivity contribution in [2.24, 2.45) is 22.2 Å². The molecule has 0 aliphatic carbocycles. The summed E-state index contributed by atoms with van der Waals surface area (Å²) in [5.41, 5.74) is 18.1. The summed E-state index contributed by atoms with van der Waals surface area (Å²) < 4.78 is 0. The average molecular weight is 542 g/mol. The lowest BCUT2D eigenvalue weighted by Crippen LogP contribution is -2.54. The number of carbonyl (C=O) groups excluding carboxylic acids is 3. The molecule has 0 spiro atoms. The fourth-order valence-electron chi connectivity index (χ4n) is 3.62. The molecule has 2 aromatic rings. The lowest BCUT2D eigenvalue weighted by atomic mass is 10.0. The van der Waals surface area contributed by atoms with Crippen LogP contribution in [0.15, 0.2) is 59.6 Å². The predicted molar refractivity (Wildman–Crippen MR) is 144 cm³/mol. The molecule has 0 fully saturated rings. The fourth-order valence-corrected chi connectivity index (χ4v) is 3.62. The summed E-state index contributed by atoms with van der Waals surface area (Å²) in [5, 5.41) is 26.3. The Hall–Kier alpha value is -4.65. The minimum atomic E-state index is -1.26. The van der Waals surface area contributed by atoms with E-state index in [1.54, 1.807) is 0 Å². The molecule has 13 heteroatoms. The van der Waals surface area contributed by atoms with Crippen LogP contribution < -0.4 is 33.2 Å². The van der Waals surface area contributed by atoms with Crippen LogP contribution in [0.5, 0.6) is 5.75 Å². The minimum Gasteiger partial charge on any atom is -0.508 e. The summed E-state index contributed by atoms with van der Waals surface area (Å²) in [7, 11) is 0. The summed E-state index contributed by atoms with van der Waals surface area (Å²) in [4.78, 5) is 53.5. The first-order valence-electron chi connectivity index (χ1n) is 12.3.